The molecular weight excluding hydrogens is 677 g/mol. The van der Waals surface area contributed by atoms with Crippen LogP contribution in [0.2, 0.25) is 5.02 Å². The molecule has 0 aliphatic carbocycles. The monoisotopic (exact) mass is 712 g/mol. The first-order valence-corrected chi connectivity index (χ1v) is 16.1. The van der Waals surface area contributed by atoms with Crippen molar-refractivity contribution in [2.45, 2.75) is 44.9 Å². The topological polar surface area (TPSA) is 125 Å². The minimum Gasteiger partial charge on any atom is -0.488 e. The predicted molar refractivity (Wildman–Crippen MR) is 179 cm³/mol. The summed E-state index contributed by atoms with van der Waals surface area (Å²) < 4.78 is 66.2. The standard InChI is InChI=1S/C37H36ClF3N2O7/c1-23-27(6-3-7-29(23)26-8-9-31-34(14-26)48-11-10-47-31)19-50-33-15-32(49-18-25-5-2-4-24(12-25)16-42)28(13-30(33)38)17-43(36(41)35(39)40)37(20-44,21-45)22-46/h2-9,12-15,35-36,44-46H,10-11,17-22H2,1H3. The number of halogens is 4. The molecule has 0 spiro atoms. The van der Waals surface area contributed by atoms with Crippen molar-refractivity contribution >= 4 is 11.6 Å². The first-order valence-electron chi connectivity index (χ1n) is 15.7. The van der Waals surface area contributed by atoms with Crippen molar-refractivity contribution in [2.24, 2.45) is 0 Å². The Morgan fingerprint density at radius 1 is 0.860 bits per heavy atom. The Hall–Kier alpha value is -4.51. The van der Waals surface area contributed by atoms with Gasteiger partial charge in [-0.25, -0.2) is 13.2 Å². The van der Waals surface area contributed by atoms with Gasteiger partial charge in [0.25, 0.3) is 6.43 Å². The Morgan fingerprint density at radius 3 is 2.26 bits per heavy atom. The van der Waals surface area contributed by atoms with Crippen LogP contribution in [0, 0.1) is 18.3 Å². The number of rotatable bonds is 15. The molecule has 0 bridgehead atoms. The molecule has 0 amide bonds. The van der Waals surface area contributed by atoms with Crippen LogP contribution < -0.4 is 18.9 Å². The van der Waals surface area contributed by atoms with Crippen LogP contribution >= 0.6 is 11.6 Å². The largest absolute Gasteiger partial charge is 0.488 e. The summed E-state index contributed by atoms with van der Waals surface area (Å²) in [6.07, 6.45) is -6.50. The molecule has 3 N–H and O–H groups in total. The minimum atomic E-state index is -3.53. The van der Waals surface area contributed by atoms with Gasteiger partial charge in [0, 0.05) is 18.2 Å². The summed E-state index contributed by atoms with van der Waals surface area (Å²) in [5.74, 6) is 1.59. The molecule has 50 heavy (non-hydrogen) atoms. The molecule has 0 radical (unpaired) electrons. The van der Waals surface area contributed by atoms with E-state index in [0.717, 1.165) is 22.3 Å². The molecule has 1 atom stereocenters. The molecule has 9 nitrogen and oxygen atoms in total. The smallest absolute Gasteiger partial charge is 0.282 e. The fourth-order valence-corrected chi connectivity index (χ4v) is 5.85. The average molecular weight is 713 g/mol. The molecule has 1 heterocycles. The lowest BCUT2D eigenvalue weighted by molar-refractivity contribution is -0.145. The Morgan fingerprint density at radius 2 is 1.56 bits per heavy atom. The van der Waals surface area contributed by atoms with Gasteiger partial charge in [-0.2, -0.15) is 5.26 Å². The van der Waals surface area contributed by atoms with Gasteiger partial charge in [0.05, 0.1) is 42.0 Å². The van der Waals surface area contributed by atoms with Gasteiger partial charge in [0.1, 0.15) is 37.9 Å². The predicted octanol–water partition coefficient (Wildman–Crippen LogP) is 6.19. The summed E-state index contributed by atoms with van der Waals surface area (Å²) in [6.45, 7) is -0.791. The number of hydrogen-bond acceptors (Lipinski definition) is 9. The van der Waals surface area contributed by atoms with E-state index in [4.69, 9.17) is 30.5 Å². The number of nitrogens with zero attached hydrogens (tertiary/aromatic N) is 2. The van der Waals surface area contributed by atoms with Gasteiger partial charge < -0.3 is 34.3 Å². The maximum Gasteiger partial charge on any atom is 0.282 e. The van der Waals surface area contributed by atoms with E-state index in [0.29, 0.717) is 40.7 Å². The van der Waals surface area contributed by atoms with Gasteiger partial charge in [-0.3, -0.25) is 4.90 Å². The number of alkyl halides is 3. The quantitative estimate of drug-likeness (QED) is 0.124. The van der Waals surface area contributed by atoms with Gasteiger partial charge in [0.2, 0.25) is 6.30 Å². The average Bonchev–Trinajstić information content (AvgIpc) is 3.14. The van der Waals surface area contributed by atoms with Gasteiger partial charge >= 0.3 is 0 Å². The molecule has 4 aromatic carbocycles. The lowest BCUT2D eigenvalue weighted by Gasteiger charge is -2.42. The van der Waals surface area contributed by atoms with E-state index in [1.54, 1.807) is 24.3 Å². The summed E-state index contributed by atoms with van der Waals surface area (Å²) in [7, 11) is 0. The lowest BCUT2D eigenvalue weighted by Crippen LogP contribution is -2.60. The van der Waals surface area contributed by atoms with Crippen LogP contribution in [0.1, 0.15) is 27.8 Å². The van der Waals surface area contributed by atoms with E-state index in [2.05, 4.69) is 0 Å². The molecular formula is C37H36ClF3N2O7. The van der Waals surface area contributed by atoms with Crippen LogP contribution in [0.3, 0.4) is 0 Å². The van der Waals surface area contributed by atoms with Crippen LogP contribution in [0.5, 0.6) is 23.0 Å². The molecule has 0 saturated carbocycles. The number of hydrogen-bond donors (Lipinski definition) is 3. The van der Waals surface area contributed by atoms with Crippen LogP contribution in [0.25, 0.3) is 11.1 Å². The maximum atomic E-state index is 15.1. The van der Waals surface area contributed by atoms with Crippen molar-refractivity contribution < 1.29 is 47.4 Å². The Kier molecular flexibility index (Phi) is 12.1. The Bertz CT molecular complexity index is 1830. The second-order valence-electron chi connectivity index (χ2n) is 11.8. The van der Waals surface area contributed by atoms with Crippen LogP contribution in [0.15, 0.2) is 72.8 Å². The summed E-state index contributed by atoms with van der Waals surface area (Å²) in [5, 5.41) is 39.3. The first kappa shape index (κ1) is 36.8. The molecule has 0 saturated heterocycles. The third kappa shape index (κ3) is 8.09. The lowest BCUT2D eigenvalue weighted by atomic mass is 9.96. The van der Waals surface area contributed by atoms with E-state index in [1.165, 1.54) is 12.1 Å². The summed E-state index contributed by atoms with van der Waals surface area (Å²) >= 11 is 6.65. The fraction of sp³-hybridized carbons (Fsp3) is 0.324. The summed E-state index contributed by atoms with van der Waals surface area (Å²) in [6, 6.07) is 23.0. The minimum absolute atomic E-state index is 0.0504. The number of ether oxygens (including phenoxy) is 4. The van der Waals surface area contributed by atoms with Crippen molar-refractivity contribution in [3.63, 3.8) is 0 Å². The van der Waals surface area contributed by atoms with Crippen molar-refractivity contribution in [3.8, 4) is 40.2 Å². The third-order valence-corrected chi connectivity index (χ3v) is 8.88. The molecule has 0 fully saturated rings. The molecule has 1 unspecified atom stereocenters. The molecule has 4 aromatic rings. The summed E-state index contributed by atoms with van der Waals surface area (Å²) in [5.41, 5.74) is 2.63. The molecule has 264 valence electrons. The highest BCUT2D eigenvalue weighted by Crippen LogP contribution is 2.39. The van der Waals surface area contributed by atoms with E-state index in [-0.39, 0.29) is 35.3 Å². The third-order valence-electron chi connectivity index (χ3n) is 8.59. The van der Waals surface area contributed by atoms with Crippen molar-refractivity contribution in [2.75, 3.05) is 33.0 Å². The van der Waals surface area contributed by atoms with Crippen LogP contribution in [-0.2, 0) is 19.8 Å². The Labute approximate surface area is 292 Å². The van der Waals surface area contributed by atoms with Crippen molar-refractivity contribution in [1.29, 1.82) is 5.26 Å². The number of nitriles is 1. The number of aliphatic hydroxyl groups excluding tert-OH is 3. The Balaban J connectivity index is 1.46. The second kappa shape index (κ2) is 16.5. The van der Waals surface area contributed by atoms with Gasteiger partial charge in [-0.05, 0) is 65.1 Å². The highest BCUT2D eigenvalue weighted by molar-refractivity contribution is 6.32. The van der Waals surface area contributed by atoms with E-state index in [1.807, 2.05) is 49.4 Å². The van der Waals surface area contributed by atoms with Crippen molar-refractivity contribution in [1.82, 2.24) is 4.90 Å². The highest BCUT2D eigenvalue weighted by atomic mass is 35.5. The van der Waals surface area contributed by atoms with Gasteiger partial charge in [0.15, 0.2) is 11.5 Å². The second-order valence-corrected chi connectivity index (χ2v) is 12.2. The van der Waals surface area contributed by atoms with Crippen molar-refractivity contribution in [3.05, 3.63) is 106 Å². The molecule has 1 aliphatic rings. The molecule has 5 rings (SSSR count). The van der Waals surface area contributed by atoms with Gasteiger partial charge in [-0.1, -0.05) is 48.0 Å². The SMILES string of the molecule is Cc1c(COc2cc(OCc3cccc(C#N)c3)c(CN(C(F)C(F)F)C(CO)(CO)CO)cc2Cl)cccc1-c1ccc2c(c1)OCCO2. The maximum absolute atomic E-state index is 15.1. The van der Waals surface area contributed by atoms with E-state index in [9.17, 15) is 29.4 Å². The van der Waals surface area contributed by atoms with Gasteiger partial charge in [-0.15, -0.1) is 0 Å². The molecule has 1 aliphatic heterocycles. The highest BCUT2D eigenvalue weighted by Gasteiger charge is 2.43. The normalized spacial score (nSPS) is 13.3. The fourth-order valence-electron chi connectivity index (χ4n) is 5.61. The summed E-state index contributed by atoms with van der Waals surface area (Å²) in [4.78, 5) is 0.486. The van der Waals surface area contributed by atoms with Crippen LogP contribution in [0.4, 0.5) is 13.2 Å². The first-order chi connectivity index (χ1) is 24.1. The number of aliphatic hydroxyl groups is 3. The zero-order valence-corrected chi connectivity index (χ0v) is 27.9. The van der Waals surface area contributed by atoms with E-state index < -0.39 is 44.6 Å². The number of benzene rings is 4. The zero-order valence-electron chi connectivity index (χ0n) is 27.1. The molecule has 13 heteroatoms. The van der Waals surface area contributed by atoms with Crippen LogP contribution in [-0.4, -0.2) is 71.5 Å². The molecule has 0 aromatic heterocycles. The zero-order chi connectivity index (χ0) is 35.8. The number of fused-ring (bicyclic) bond motifs is 1. The van der Waals surface area contributed by atoms with E-state index >= 15 is 4.39 Å².